The molecule has 6 heteroatoms. The number of ether oxygens (including phenoxy) is 1. The molecule has 0 spiro atoms. The van der Waals surface area contributed by atoms with Gasteiger partial charge >= 0.3 is 0 Å². The van der Waals surface area contributed by atoms with E-state index in [0.29, 0.717) is 5.92 Å². The number of piperidine rings is 1. The van der Waals surface area contributed by atoms with Crippen molar-refractivity contribution >= 4 is 12.0 Å². The maximum absolute atomic E-state index is 5.92. The molecule has 1 aliphatic heterocycles. The van der Waals surface area contributed by atoms with Crippen molar-refractivity contribution in [3.05, 3.63) is 47.7 Å². The number of oxime groups is 1. The van der Waals surface area contributed by atoms with Gasteiger partial charge in [0.1, 0.15) is 12.9 Å². The van der Waals surface area contributed by atoms with Crippen LogP contribution in [0.15, 0.2) is 41.6 Å². The van der Waals surface area contributed by atoms with Crippen molar-refractivity contribution in [2.45, 2.75) is 26.2 Å². The van der Waals surface area contributed by atoms with E-state index in [1.54, 1.807) is 6.21 Å². The molecule has 2 aromatic rings. The molecular weight excluding hydrogens is 328 g/mol. The first-order chi connectivity index (χ1) is 12.7. The fourth-order valence-electron chi connectivity index (χ4n) is 3.15. The lowest BCUT2D eigenvalue weighted by molar-refractivity contribution is 0.215. The van der Waals surface area contributed by atoms with Gasteiger partial charge in [0, 0.05) is 13.1 Å². The van der Waals surface area contributed by atoms with E-state index in [1.807, 2.05) is 37.3 Å². The summed E-state index contributed by atoms with van der Waals surface area (Å²) in [7, 11) is 1.54. The lowest BCUT2D eigenvalue weighted by atomic mass is 9.94. The molecule has 2 heterocycles. The fraction of sp³-hybridized carbons (Fsp3) is 0.450. The van der Waals surface area contributed by atoms with Gasteiger partial charge in [0.05, 0.1) is 18.5 Å². The highest BCUT2D eigenvalue weighted by Gasteiger charge is 2.20. The number of hydrogen-bond donors (Lipinski definition) is 0. The molecule has 0 aliphatic carbocycles. The van der Waals surface area contributed by atoms with E-state index in [0.717, 1.165) is 48.9 Å². The summed E-state index contributed by atoms with van der Waals surface area (Å²) in [6, 6.07) is 12.0. The second-order valence-electron chi connectivity index (χ2n) is 6.59. The summed E-state index contributed by atoms with van der Waals surface area (Å²) in [6.07, 6.45) is 5.08. The van der Waals surface area contributed by atoms with Crippen LogP contribution in [0.4, 0.5) is 5.82 Å². The van der Waals surface area contributed by atoms with Gasteiger partial charge in [0.15, 0.2) is 5.82 Å². The van der Waals surface area contributed by atoms with Crippen LogP contribution in [-0.2, 0) is 4.84 Å². The monoisotopic (exact) mass is 354 g/mol. The minimum absolute atomic E-state index is 0.697. The zero-order valence-corrected chi connectivity index (χ0v) is 15.5. The van der Waals surface area contributed by atoms with E-state index in [-0.39, 0.29) is 0 Å². The Balaban J connectivity index is 1.41. The fourth-order valence-corrected chi connectivity index (χ4v) is 3.15. The van der Waals surface area contributed by atoms with Gasteiger partial charge in [-0.3, -0.25) is 0 Å². The van der Waals surface area contributed by atoms with E-state index in [4.69, 9.17) is 9.57 Å². The van der Waals surface area contributed by atoms with Gasteiger partial charge in [0.2, 0.25) is 0 Å². The van der Waals surface area contributed by atoms with Crippen molar-refractivity contribution in [2.75, 3.05) is 31.7 Å². The van der Waals surface area contributed by atoms with Crippen LogP contribution in [0, 0.1) is 12.8 Å². The topological polar surface area (TPSA) is 59.8 Å². The van der Waals surface area contributed by atoms with Crippen LogP contribution in [-0.4, -0.2) is 43.2 Å². The molecule has 3 rings (SSSR count). The van der Waals surface area contributed by atoms with Gasteiger partial charge in [-0.2, -0.15) is 5.10 Å². The summed E-state index contributed by atoms with van der Waals surface area (Å²) in [5.74, 6) is 2.56. The highest BCUT2D eigenvalue weighted by atomic mass is 16.6. The maximum Gasteiger partial charge on any atom is 0.151 e. The second-order valence-corrected chi connectivity index (χ2v) is 6.59. The van der Waals surface area contributed by atoms with Crippen LogP contribution in [0.2, 0.25) is 0 Å². The van der Waals surface area contributed by atoms with E-state index < -0.39 is 0 Å². The lowest BCUT2D eigenvalue weighted by Crippen LogP contribution is -2.34. The maximum atomic E-state index is 5.92. The van der Waals surface area contributed by atoms with Crippen LogP contribution < -0.4 is 9.64 Å². The normalized spacial score (nSPS) is 15.4. The van der Waals surface area contributed by atoms with E-state index in [1.165, 1.54) is 20.0 Å². The molecule has 0 unspecified atom stereocenters. The molecule has 1 fully saturated rings. The quantitative estimate of drug-likeness (QED) is 0.563. The SMILES string of the molecule is CO/N=C/c1cccc(OCCC2CCN(c3ccc(C)nn3)CC2)c1. The highest BCUT2D eigenvalue weighted by Crippen LogP contribution is 2.24. The van der Waals surface area contributed by atoms with Crippen LogP contribution in [0.1, 0.15) is 30.5 Å². The largest absolute Gasteiger partial charge is 0.494 e. The number of anilines is 1. The molecule has 0 radical (unpaired) electrons. The molecule has 1 aromatic heterocycles. The lowest BCUT2D eigenvalue weighted by Gasteiger charge is -2.32. The van der Waals surface area contributed by atoms with Crippen LogP contribution >= 0.6 is 0 Å². The molecular formula is C20H26N4O2. The molecule has 6 nitrogen and oxygen atoms in total. The number of hydrogen-bond acceptors (Lipinski definition) is 6. The summed E-state index contributed by atoms with van der Waals surface area (Å²) in [4.78, 5) is 7.03. The summed E-state index contributed by atoms with van der Waals surface area (Å²) >= 11 is 0. The molecule has 0 atom stereocenters. The smallest absolute Gasteiger partial charge is 0.151 e. The van der Waals surface area contributed by atoms with Gasteiger partial charge in [-0.15, -0.1) is 5.10 Å². The number of nitrogens with zero attached hydrogens (tertiary/aromatic N) is 4. The van der Waals surface area contributed by atoms with Crippen molar-refractivity contribution in [1.29, 1.82) is 0 Å². The summed E-state index contributed by atoms with van der Waals surface area (Å²) in [5, 5.41) is 12.2. The van der Waals surface area contributed by atoms with Gasteiger partial charge in [-0.05, 0) is 61.9 Å². The predicted octanol–water partition coefficient (Wildman–Crippen LogP) is 3.45. The first kappa shape index (κ1) is 18.2. The standard InChI is InChI=1S/C20H26N4O2/c1-16-6-7-20(23-22-16)24-11-8-17(9-12-24)10-13-26-19-5-3-4-18(14-19)15-21-25-2/h3-7,14-15,17H,8-13H2,1-2H3/b21-15+. The summed E-state index contributed by atoms with van der Waals surface area (Å²) < 4.78 is 5.92. The van der Waals surface area contributed by atoms with Crippen LogP contribution in [0.3, 0.4) is 0 Å². The Morgan fingerprint density at radius 1 is 1.19 bits per heavy atom. The molecule has 138 valence electrons. The number of benzene rings is 1. The van der Waals surface area contributed by atoms with Crippen LogP contribution in [0.5, 0.6) is 5.75 Å². The number of rotatable bonds is 7. The third-order valence-electron chi connectivity index (χ3n) is 4.68. The minimum Gasteiger partial charge on any atom is -0.494 e. The van der Waals surface area contributed by atoms with Crippen molar-refractivity contribution in [3.63, 3.8) is 0 Å². The highest BCUT2D eigenvalue weighted by molar-refractivity contribution is 5.79. The van der Waals surface area contributed by atoms with E-state index in [9.17, 15) is 0 Å². The minimum atomic E-state index is 0.697. The van der Waals surface area contributed by atoms with E-state index in [2.05, 4.69) is 26.3 Å². The van der Waals surface area contributed by atoms with Gasteiger partial charge in [-0.25, -0.2) is 0 Å². The molecule has 1 aliphatic rings. The first-order valence-corrected chi connectivity index (χ1v) is 9.09. The zero-order valence-electron chi connectivity index (χ0n) is 15.5. The van der Waals surface area contributed by atoms with Crippen molar-refractivity contribution in [2.24, 2.45) is 11.1 Å². The Labute approximate surface area is 154 Å². The molecule has 0 amide bonds. The third kappa shape index (κ3) is 5.18. The summed E-state index contributed by atoms with van der Waals surface area (Å²) in [6.45, 7) is 4.76. The van der Waals surface area contributed by atoms with Crippen LogP contribution in [0.25, 0.3) is 0 Å². The number of aromatic nitrogens is 2. The Kier molecular flexibility index (Phi) is 6.41. The van der Waals surface area contributed by atoms with Crippen molar-refractivity contribution in [3.8, 4) is 5.75 Å². The first-order valence-electron chi connectivity index (χ1n) is 9.09. The van der Waals surface area contributed by atoms with Crippen molar-refractivity contribution in [1.82, 2.24) is 10.2 Å². The molecule has 0 N–H and O–H groups in total. The van der Waals surface area contributed by atoms with E-state index >= 15 is 0 Å². The average Bonchev–Trinajstić information content (AvgIpc) is 2.68. The van der Waals surface area contributed by atoms with Gasteiger partial charge in [0.25, 0.3) is 0 Å². The zero-order chi connectivity index (χ0) is 18.2. The molecule has 1 saturated heterocycles. The second kappa shape index (κ2) is 9.17. The Bertz CT molecular complexity index is 710. The molecule has 0 saturated carbocycles. The molecule has 0 bridgehead atoms. The molecule has 26 heavy (non-hydrogen) atoms. The average molecular weight is 354 g/mol. The van der Waals surface area contributed by atoms with Gasteiger partial charge < -0.3 is 14.5 Å². The predicted molar refractivity (Wildman–Crippen MR) is 103 cm³/mol. The Hall–Kier alpha value is -2.63. The van der Waals surface area contributed by atoms with Crippen molar-refractivity contribution < 1.29 is 9.57 Å². The third-order valence-corrected chi connectivity index (χ3v) is 4.68. The number of aryl methyl sites for hydroxylation is 1. The Morgan fingerprint density at radius 2 is 2.04 bits per heavy atom. The van der Waals surface area contributed by atoms with Gasteiger partial charge in [-0.1, -0.05) is 17.3 Å². The molecule has 1 aromatic carbocycles. The summed E-state index contributed by atoms with van der Waals surface area (Å²) in [5.41, 5.74) is 1.93. The Morgan fingerprint density at radius 3 is 2.77 bits per heavy atom.